The van der Waals surface area contributed by atoms with Crippen molar-refractivity contribution in [1.29, 1.82) is 0 Å². The van der Waals surface area contributed by atoms with Crippen molar-refractivity contribution in [3.63, 3.8) is 0 Å². The summed E-state index contributed by atoms with van der Waals surface area (Å²) in [5, 5.41) is 6.16. The average Bonchev–Trinajstić information content (AvgIpc) is 3.40. The molecule has 7 aromatic carbocycles. The van der Waals surface area contributed by atoms with Crippen molar-refractivity contribution >= 4 is 43.5 Å². The predicted octanol–water partition coefficient (Wildman–Crippen LogP) is 10.9. The second-order valence-corrected chi connectivity index (χ2v) is 11.8. The molecular weight excluding hydrogens is 546 g/mol. The second kappa shape index (κ2) is 9.22. The van der Waals surface area contributed by atoms with E-state index in [-0.39, 0.29) is 0 Å². The maximum atomic E-state index is 5.20. The van der Waals surface area contributed by atoms with Gasteiger partial charge in [-0.15, -0.1) is 0 Å². The molecular formula is C42H25N3. The highest BCUT2D eigenvalue weighted by Gasteiger charge is 2.25. The third kappa shape index (κ3) is 3.46. The molecule has 0 atom stereocenters. The fourth-order valence-electron chi connectivity index (χ4n) is 7.36. The highest BCUT2D eigenvalue weighted by Crippen LogP contribution is 2.48. The molecule has 0 saturated carbocycles. The lowest BCUT2D eigenvalue weighted by Crippen LogP contribution is -1.98. The first-order valence-electron chi connectivity index (χ1n) is 15.4. The average molecular weight is 572 g/mol. The zero-order valence-corrected chi connectivity index (χ0v) is 24.3. The molecule has 1 aliphatic rings. The van der Waals surface area contributed by atoms with E-state index in [2.05, 4.69) is 144 Å². The van der Waals surface area contributed by atoms with Crippen LogP contribution in [0.2, 0.25) is 0 Å². The molecule has 1 aliphatic heterocycles. The van der Waals surface area contributed by atoms with Crippen LogP contribution in [0.25, 0.3) is 94.1 Å². The molecule has 0 amide bonds. The zero-order valence-electron chi connectivity index (χ0n) is 24.3. The van der Waals surface area contributed by atoms with E-state index in [0.717, 1.165) is 39.2 Å². The number of hydrogen-bond donors (Lipinski definition) is 0. The Balaban J connectivity index is 1.30. The van der Waals surface area contributed by atoms with Crippen LogP contribution in [-0.2, 0) is 0 Å². The smallest absolute Gasteiger partial charge is 0.160 e. The summed E-state index contributed by atoms with van der Waals surface area (Å²) in [6.07, 6.45) is 0. The van der Waals surface area contributed by atoms with Gasteiger partial charge in [0.25, 0.3) is 0 Å². The minimum absolute atomic E-state index is 0.725. The highest BCUT2D eigenvalue weighted by atomic mass is 15.0. The molecule has 45 heavy (non-hydrogen) atoms. The van der Waals surface area contributed by atoms with E-state index in [4.69, 9.17) is 9.97 Å². The van der Waals surface area contributed by atoms with Crippen molar-refractivity contribution in [2.45, 2.75) is 0 Å². The Bertz CT molecular complexity index is 2650. The van der Waals surface area contributed by atoms with E-state index in [9.17, 15) is 0 Å². The van der Waals surface area contributed by atoms with Crippen LogP contribution in [0.15, 0.2) is 152 Å². The molecule has 0 saturated heterocycles. The monoisotopic (exact) mass is 571 g/mol. The van der Waals surface area contributed by atoms with Crippen LogP contribution in [0.1, 0.15) is 0 Å². The molecule has 9 aromatic rings. The van der Waals surface area contributed by atoms with Crippen LogP contribution < -0.4 is 0 Å². The standard InChI is InChI=1S/C42H25N3/c1-2-12-27(13-3-1)40-33-17-8-9-20-36(33)43-42(44-40)28-22-23-37-35(25-28)31-16-7-6-15-30(31)32-18-10-19-34-39-29-14-5-4-11-26(29)21-24-38(39)45(37)41(32)34/h1-25H. The lowest BCUT2D eigenvalue weighted by Gasteiger charge is -2.15. The van der Waals surface area contributed by atoms with Crippen LogP contribution in [-0.4, -0.2) is 14.5 Å². The molecule has 0 fully saturated rings. The highest BCUT2D eigenvalue weighted by molar-refractivity contribution is 6.24. The van der Waals surface area contributed by atoms with Gasteiger partial charge in [0.05, 0.1) is 27.9 Å². The lowest BCUT2D eigenvalue weighted by atomic mass is 9.92. The minimum Gasteiger partial charge on any atom is -0.308 e. The molecule has 0 N–H and O–H groups in total. The van der Waals surface area contributed by atoms with Gasteiger partial charge in [-0.3, -0.25) is 0 Å². The summed E-state index contributed by atoms with van der Waals surface area (Å²) in [6, 6.07) is 54.2. The van der Waals surface area contributed by atoms with Crippen molar-refractivity contribution < 1.29 is 0 Å². The van der Waals surface area contributed by atoms with Gasteiger partial charge < -0.3 is 4.57 Å². The van der Waals surface area contributed by atoms with E-state index in [1.165, 1.54) is 54.8 Å². The number of para-hydroxylation sites is 2. The fourth-order valence-corrected chi connectivity index (χ4v) is 7.36. The van der Waals surface area contributed by atoms with Gasteiger partial charge in [-0.1, -0.05) is 121 Å². The van der Waals surface area contributed by atoms with E-state index < -0.39 is 0 Å². The molecule has 0 radical (unpaired) electrons. The van der Waals surface area contributed by atoms with Crippen LogP contribution in [0, 0.1) is 0 Å². The van der Waals surface area contributed by atoms with Crippen molar-refractivity contribution in [2.24, 2.45) is 0 Å². The summed E-state index contributed by atoms with van der Waals surface area (Å²) in [5.41, 5.74) is 12.5. The molecule has 0 unspecified atom stereocenters. The zero-order chi connectivity index (χ0) is 29.5. The first-order chi connectivity index (χ1) is 22.3. The van der Waals surface area contributed by atoms with Crippen LogP contribution in [0.3, 0.4) is 0 Å². The van der Waals surface area contributed by atoms with Gasteiger partial charge in [0.1, 0.15) is 0 Å². The Kier molecular flexibility index (Phi) is 5.00. The number of rotatable bonds is 2. The Hall–Kier alpha value is -6.06. The summed E-state index contributed by atoms with van der Waals surface area (Å²) >= 11 is 0. The molecule has 0 aliphatic carbocycles. The van der Waals surface area contributed by atoms with Crippen molar-refractivity contribution in [3.05, 3.63) is 152 Å². The summed E-state index contributed by atoms with van der Waals surface area (Å²) in [4.78, 5) is 10.3. The number of aromatic nitrogens is 3. The Morgan fingerprint density at radius 3 is 2.04 bits per heavy atom. The lowest BCUT2D eigenvalue weighted by molar-refractivity contribution is 1.18. The van der Waals surface area contributed by atoms with Crippen LogP contribution in [0.5, 0.6) is 0 Å². The number of nitrogens with zero attached hydrogens (tertiary/aromatic N) is 3. The van der Waals surface area contributed by atoms with E-state index in [1.54, 1.807) is 0 Å². The maximum Gasteiger partial charge on any atom is 0.160 e. The van der Waals surface area contributed by atoms with Gasteiger partial charge in [-0.25, -0.2) is 9.97 Å². The third-order valence-corrected chi connectivity index (χ3v) is 9.33. The second-order valence-electron chi connectivity index (χ2n) is 11.8. The van der Waals surface area contributed by atoms with Crippen molar-refractivity contribution in [2.75, 3.05) is 0 Å². The number of benzene rings is 7. The van der Waals surface area contributed by atoms with E-state index in [1.807, 2.05) is 12.1 Å². The van der Waals surface area contributed by atoms with Crippen LogP contribution >= 0.6 is 0 Å². The molecule has 0 bridgehead atoms. The molecule has 0 spiro atoms. The Morgan fingerprint density at radius 1 is 0.444 bits per heavy atom. The summed E-state index contributed by atoms with van der Waals surface area (Å²) in [5.74, 6) is 0.725. The topological polar surface area (TPSA) is 30.7 Å². The SMILES string of the molecule is c1ccc(-c2nc(-c3ccc4c(c3)-c3ccccc3-c3cccc5c6c7ccccc7ccc6n-4c35)nc3ccccc23)cc1. The van der Waals surface area contributed by atoms with E-state index in [0.29, 0.717) is 0 Å². The minimum atomic E-state index is 0.725. The normalized spacial score (nSPS) is 12.0. The van der Waals surface area contributed by atoms with Gasteiger partial charge in [-0.2, -0.15) is 0 Å². The largest absolute Gasteiger partial charge is 0.308 e. The summed E-state index contributed by atoms with van der Waals surface area (Å²) in [6.45, 7) is 0. The van der Waals surface area contributed by atoms with Crippen molar-refractivity contribution in [1.82, 2.24) is 14.5 Å². The van der Waals surface area contributed by atoms with E-state index >= 15 is 0 Å². The van der Waals surface area contributed by atoms with Gasteiger partial charge in [-0.05, 0) is 52.2 Å². The maximum absolute atomic E-state index is 5.20. The first-order valence-corrected chi connectivity index (χ1v) is 15.4. The molecule has 3 heteroatoms. The molecule has 2 aromatic heterocycles. The molecule has 3 heterocycles. The predicted molar refractivity (Wildman–Crippen MR) is 187 cm³/mol. The molecule has 10 rings (SSSR count). The quantitative estimate of drug-likeness (QED) is 0.207. The fraction of sp³-hybridized carbons (Fsp3) is 0. The summed E-state index contributed by atoms with van der Waals surface area (Å²) < 4.78 is 2.47. The Morgan fingerprint density at radius 2 is 1.16 bits per heavy atom. The van der Waals surface area contributed by atoms with Gasteiger partial charge in [0.15, 0.2) is 5.82 Å². The molecule has 3 nitrogen and oxygen atoms in total. The van der Waals surface area contributed by atoms with Gasteiger partial charge in [0, 0.05) is 38.4 Å². The summed E-state index contributed by atoms with van der Waals surface area (Å²) in [7, 11) is 0. The Labute approximate surface area is 259 Å². The van der Waals surface area contributed by atoms with Crippen LogP contribution in [0.4, 0.5) is 0 Å². The van der Waals surface area contributed by atoms with Gasteiger partial charge >= 0.3 is 0 Å². The number of fused-ring (bicyclic) bond motifs is 11. The molecule has 208 valence electrons. The number of hydrogen-bond acceptors (Lipinski definition) is 2. The van der Waals surface area contributed by atoms with Crippen molar-refractivity contribution in [3.8, 4) is 50.6 Å². The third-order valence-electron chi connectivity index (χ3n) is 9.33. The first kappa shape index (κ1) is 24.4. The van der Waals surface area contributed by atoms with Gasteiger partial charge in [0.2, 0.25) is 0 Å².